The van der Waals surface area contributed by atoms with Gasteiger partial charge in [-0.05, 0) is 44.2 Å². The number of carbonyl (C=O) groups is 1. The molecule has 28 heavy (non-hydrogen) atoms. The molecular weight excluding hydrogens is 354 g/mol. The van der Waals surface area contributed by atoms with Crippen LogP contribution >= 0.6 is 0 Å². The molecule has 0 fully saturated rings. The lowest BCUT2D eigenvalue weighted by molar-refractivity contribution is 0.102. The minimum absolute atomic E-state index is 0.242. The first-order valence-corrected chi connectivity index (χ1v) is 8.52. The number of nitrogens with one attached hydrogen (secondary N) is 1. The van der Waals surface area contributed by atoms with Gasteiger partial charge < -0.3 is 5.32 Å². The Bertz CT molecular complexity index is 1240. The highest BCUT2D eigenvalue weighted by molar-refractivity contribution is 6.06. The van der Waals surface area contributed by atoms with Crippen molar-refractivity contribution < 1.29 is 4.79 Å². The monoisotopic (exact) mass is 369 g/mol. The molecule has 0 saturated carbocycles. The van der Waals surface area contributed by atoms with Gasteiger partial charge in [0.25, 0.3) is 5.91 Å². The van der Waals surface area contributed by atoms with E-state index < -0.39 is 0 Å². The van der Waals surface area contributed by atoms with Crippen molar-refractivity contribution in [2.75, 3.05) is 5.32 Å². The van der Waals surface area contributed by atoms with Crippen LogP contribution in [0.2, 0.25) is 0 Å². The fraction of sp³-hybridized carbons (Fsp3) is 0.100. The zero-order valence-corrected chi connectivity index (χ0v) is 15.2. The Morgan fingerprint density at radius 3 is 2.61 bits per heavy atom. The third-order valence-electron chi connectivity index (χ3n) is 4.33. The second-order valence-corrected chi connectivity index (χ2v) is 6.17. The van der Waals surface area contributed by atoms with Crippen LogP contribution < -0.4 is 5.32 Å². The van der Waals surface area contributed by atoms with Crippen LogP contribution in [0, 0.1) is 25.2 Å². The fourth-order valence-corrected chi connectivity index (χ4v) is 2.75. The van der Waals surface area contributed by atoms with Crippen molar-refractivity contribution in [3.05, 3.63) is 71.3 Å². The maximum absolute atomic E-state index is 12.8. The summed E-state index contributed by atoms with van der Waals surface area (Å²) in [5.41, 5.74) is 3.66. The van der Waals surface area contributed by atoms with Crippen LogP contribution in [0.5, 0.6) is 0 Å². The van der Waals surface area contributed by atoms with Gasteiger partial charge in [-0.2, -0.15) is 15.0 Å². The normalized spacial score (nSPS) is 10.6. The molecule has 0 aliphatic heterocycles. The van der Waals surface area contributed by atoms with E-state index in [9.17, 15) is 10.1 Å². The predicted molar refractivity (Wildman–Crippen MR) is 103 cm³/mol. The average Bonchev–Trinajstić information content (AvgIpc) is 3.11. The van der Waals surface area contributed by atoms with Crippen molar-refractivity contribution in [1.82, 2.24) is 24.7 Å². The Kier molecular flexibility index (Phi) is 4.26. The molecule has 3 heterocycles. The van der Waals surface area contributed by atoms with E-state index in [1.165, 1.54) is 10.9 Å². The lowest BCUT2D eigenvalue weighted by Crippen LogP contribution is -2.16. The van der Waals surface area contributed by atoms with E-state index in [0.717, 1.165) is 16.9 Å². The van der Waals surface area contributed by atoms with Crippen LogP contribution in [0.3, 0.4) is 0 Å². The van der Waals surface area contributed by atoms with Crippen molar-refractivity contribution in [3.63, 3.8) is 0 Å². The van der Waals surface area contributed by atoms with Crippen molar-refractivity contribution in [2.24, 2.45) is 0 Å². The highest BCUT2D eigenvalue weighted by atomic mass is 16.1. The Morgan fingerprint density at radius 2 is 1.89 bits per heavy atom. The summed E-state index contributed by atoms with van der Waals surface area (Å²) < 4.78 is 1.42. The van der Waals surface area contributed by atoms with E-state index in [1.807, 2.05) is 19.9 Å². The molecule has 3 aromatic heterocycles. The Morgan fingerprint density at radius 1 is 1.11 bits per heavy atom. The Hall–Kier alpha value is -4.12. The molecule has 4 aromatic rings. The van der Waals surface area contributed by atoms with Crippen LogP contribution in [0.15, 0.2) is 48.8 Å². The van der Waals surface area contributed by atoms with Gasteiger partial charge in [0.1, 0.15) is 11.6 Å². The molecule has 4 rings (SSSR count). The van der Waals surface area contributed by atoms with Gasteiger partial charge in [-0.1, -0.05) is 6.07 Å². The number of aromatic nitrogens is 5. The molecule has 0 aliphatic rings. The molecule has 1 aromatic carbocycles. The number of rotatable bonds is 3. The molecule has 0 unspecified atom stereocenters. The number of aryl methyl sites for hydroxylation is 2. The zero-order valence-electron chi connectivity index (χ0n) is 15.2. The van der Waals surface area contributed by atoms with E-state index in [2.05, 4.69) is 25.4 Å². The van der Waals surface area contributed by atoms with Gasteiger partial charge in [0, 0.05) is 11.8 Å². The van der Waals surface area contributed by atoms with Crippen LogP contribution in [0.25, 0.3) is 16.9 Å². The second-order valence-electron chi connectivity index (χ2n) is 6.17. The van der Waals surface area contributed by atoms with E-state index >= 15 is 0 Å². The number of anilines is 1. The first-order valence-electron chi connectivity index (χ1n) is 8.52. The summed E-state index contributed by atoms with van der Waals surface area (Å²) in [6, 6.07) is 12.5. The first-order chi connectivity index (χ1) is 13.6. The molecule has 8 nitrogen and oxygen atoms in total. The van der Waals surface area contributed by atoms with Crippen molar-refractivity contribution in [1.29, 1.82) is 5.26 Å². The predicted octanol–water partition coefficient (Wildman–Crippen LogP) is 2.95. The molecule has 1 amide bonds. The van der Waals surface area contributed by atoms with Gasteiger partial charge in [0.05, 0.1) is 28.6 Å². The van der Waals surface area contributed by atoms with Crippen LogP contribution in [-0.2, 0) is 0 Å². The summed E-state index contributed by atoms with van der Waals surface area (Å²) in [6.45, 7) is 3.77. The van der Waals surface area contributed by atoms with Crippen LogP contribution in [-0.4, -0.2) is 30.6 Å². The summed E-state index contributed by atoms with van der Waals surface area (Å²) in [6.07, 6.45) is 3.00. The summed E-state index contributed by atoms with van der Waals surface area (Å²) in [7, 11) is 0. The Labute approximate surface area is 160 Å². The van der Waals surface area contributed by atoms with E-state index in [0.29, 0.717) is 16.9 Å². The number of hydrogen-bond donors (Lipinski definition) is 1. The maximum atomic E-state index is 12.8. The summed E-state index contributed by atoms with van der Waals surface area (Å²) in [5.74, 6) is 0.378. The lowest BCUT2D eigenvalue weighted by atomic mass is 10.1. The van der Waals surface area contributed by atoms with Crippen molar-refractivity contribution in [3.8, 4) is 11.9 Å². The molecular formula is C20H15N7O. The number of nitriles is 1. The number of pyridine rings is 1. The maximum Gasteiger partial charge on any atom is 0.256 e. The Balaban J connectivity index is 1.71. The third kappa shape index (κ3) is 3.05. The average molecular weight is 369 g/mol. The minimum Gasteiger partial charge on any atom is -0.305 e. The van der Waals surface area contributed by atoms with Gasteiger partial charge in [0.15, 0.2) is 11.6 Å². The summed E-state index contributed by atoms with van der Waals surface area (Å²) >= 11 is 0. The SMILES string of the molecule is Cc1nc2ccc(C(=O)Nc3c(C#N)cnn3-c3ccccn3)cc2nc1C. The van der Waals surface area contributed by atoms with Crippen molar-refractivity contribution in [2.45, 2.75) is 13.8 Å². The molecule has 1 N–H and O–H groups in total. The molecule has 0 saturated heterocycles. The zero-order chi connectivity index (χ0) is 19.7. The summed E-state index contributed by atoms with van der Waals surface area (Å²) in [5, 5.41) is 16.3. The van der Waals surface area contributed by atoms with Gasteiger partial charge in [0.2, 0.25) is 0 Å². The standard InChI is InChI=1S/C20H15N7O/c1-12-13(2)25-17-9-14(6-7-16(17)24-12)20(28)26-19-15(10-21)11-23-27(19)18-5-3-4-8-22-18/h3-9,11H,1-2H3,(H,26,28). The molecule has 0 radical (unpaired) electrons. The highest BCUT2D eigenvalue weighted by Gasteiger charge is 2.17. The second kappa shape index (κ2) is 6.89. The van der Waals surface area contributed by atoms with Crippen LogP contribution in [0.1, 0.15) is 27.3 Å². The smallest absolute Gasteiger partial charge is 0.256 e. The fourth-order valence-electron chi connectivity index (χ4n) is 2.75. The number of hydrogen-bond acceptors (Lipinski definition) is 6. The van der Waals surface area contributed by atoms with Gasteiger partial charge in [-0.15, -0.1) is 0 Å². The van der Waals surface area contributed by atoms with Crippen molar-refractivity contribution >= 4 is 22.8 Å². The number of carbonyl (C=O) groups excluding carboxylic acids is 1. The number of benzene rings is 1. The van der Waals surface area contributed by atoms with Gasteiger partial charge >= 0.3 is 0 Å². The molecule has 0 atom stereocenters. The van der Waals surface area contributed by atoms with E-state index in [1.54, 1.807) is 42.6 Å². The lowest BCUT2D eigenvalue weighted by Gasteiger charge is -2.09. The minimum atomic E-state index is -0.379. The quantitative estimate of drug-likeness (QED) is 0.594. The highest BCUT2D eigenvalue weighted by Crippen LogP contribution is 2.20. The largest absolute Gasteiger partial charge is 0.305 e. The third-order valence-corrected chi connectivity index (χ3v) is 4.33. The topological polar surface area (TPSA) is 109 Å². The molecule has 0 spiro atoms. The summed E-state index contributed by atoms with van der Waals surface area (Å²) in [4.78, 5) is 26.0. The molecule has 0 bridgehead atoms. The van der Waals surface area contributed by atoms with E-state index in [4.69, 9.17) is 0 Å². The van der Waals surface area contributed by atoms with Crippen LogP contribution in [0.4, 0.5) is 5.82 Å². The number of amides is 1. The van der Waals surface area contributed by atoms with E-state index in [-0.39, 0.29) is 17.3 Å². The molecule has 136 valence electrons. The number of nitrogens with zero attached hydrogens (tertiary/aromatic N) is 6. The first kappa shape index (κ1) is 17.3. The number of fused-ring (bicyclic) bond motifs is 1. The molecule has 8 heteroatoms. The van der Waals surface area contributed by atoms with Gasteiger partial charge in [-0.25, -0.2) is 15.0 Å². The molecule has 0 aliphatic carbocycles. The van der Waals surface area contributed by atoms with Gasteiger partial charge in [-0.3, -0.25) is 4.79 Å².